The molecule has 0 bridgehead atoms. The Bertz CT molecular complexity index is 332. The Morgan fingerprint density at radius 3 is 2.57 bits per heavy atom. The number of rotatable bonds is 7. The fraction of sp³-hybridized carbons (Fsp3) is 0.938. The van der Waals surface area contributed by atoms with E-state index >= 15 is 0 Å². The van der Waals surface area contributed by atoms with E-state index in [9.17, 15) is 4.79 Å². The number of hydrazine groups is 1. The van der Waals surface area contributed by atoms with Crippen molar-refractivity contribution in [3.63, 3.8) is 0 Å². The van der Waals surface area contributed by atoms with Gasteiger partial charge in [0.1, 0.15) is 0 Å². The summed E-state index contributed by atoms with van der Waals surface area (Å²) in [4.78, 5) is 16.8. The summed E-state index contributed by atoms with van der Waals surface area (Å²) in [5.41, 5.74) is 6.16. The molecule has 1 heterocycles. The van der Waals surface area contributed by atoms with Gasteiger partial charge in [0.05, 0.1) is 0 Å². The normalized spacial score (nSPS) is 29.6. The van der Waals surface area contributed by atoms with Crippen molar-refractivity contribution < 1.29 is 4.79 Å². The summed E-state index contributed by atoms with van der Waals surface area (Å²) in [6.45, 7) is 9.90. The Kier molecular flexibility index (Phi) is 6.45. The van der Waals surface area contributed by atoms with Gasteiger partial charge in [0.2, 0.25) is 5.91 Å². The van der Waals surface area contributed by atoms with E-state index in [0.717, 1.165) is 39.1 Å². The van der Waals surface area contributed by atoms with Crippen molar-refractivity contribution in [2.45, 2.75) is 45.6 Å². The van der Waals surface area contributed by atoms with Crippen molar-refractivity contribution in [2.24, 2.45) is 11.8 Å². The summed E-state index contributed by atoms with van der Waals surface area (Å²) >= 11 is 0. The summed E-state index contributed by atoms with van der Waals surface area (Å²) in [5.74, 6) is 0.964. The summed E-state index contributed by atoms with van der Waals surface area (Å²) in [5, 5.41) is 0. The van der Waals surface area contributed by atoms with E-state index in [2.05, 4.69) is 41.5 Å². The van der Waals surface area contributed by atoms with Crippen molar-refractivity contribution in [3.8, 4) is 0 Å². The third kappa shape index (κ3) is 4.41. The second-order valence-electron chi connectivity index (χ2n) is 6.58. The van der Waals surface area contributed by atoms with Crippen LogP contribution in [0, 0.1) is 11.8 Å². The van der Waals surface area contributed by atoms with Crippen molar-refractivity contribution in [2.75, 3.05) is 39.8 Å². The molecule has 1 saturated heterocycles. The molecule has 3 atom stereocenters. The van der Waals surface area contributed by atoms with E-state index in [-0.39, 0.29) is 11.8 Å². The third-order valence-corrected chi connectivity index (χ3v) is 5.25. The maximum absolute atomic E-state index is 12.0. The van der Waals surface area contributed by atoms with Crippen molar-refractivity contribution in [1.29, 1.82) is 0 Å². The zero-order chi connectivity index (χ0) is 15.2. The lowest BCUT2D eigenvalue weighted by Gasteiger charge is -2.42. The lowest BCUT2D eigenvalue weighted by Crippen LogP contribution is -2.62. The predicted octanol–water partition coefficient (Wildman–Crippen LogP) is 1.07. The van der Waals surface area contributed by atoms with Crippen molar-refractivity contribution in [3.05, 3.63) is 0 Å². The molecular weight excluding hydrogens is 264 g/mol. The first-order valence-corrected chi connectivity index (χ1v) is 8.62. The van der Waals surface area contributed by atoms with Gasteiger partial charge >= 0.3 is 0 Å². The van der Waals surface area contributed by atoms with Gasteiger partial charge in [-0.2, -0.15) is 0 Å². The highest BCUT2D eigenvalue weighted by Crippen LogP contribution is 2.34. The van der Waals surface area contributed by atoms with Gasteiger partial charge in [-0.25, -0.2) is 5.43 Å². The molecule has 1 amide bonds. The second-order valence-corrected chi connectivity index (χ2v) is 6.58. The quantitative estimate of drug-likeness (QED) is 0.738. The monoisotopic (exact) mass is 296 g/mol. The fourth-order valence-corrected chi connectivity index (χ4v) is 3.79. The first-order valence-electron chi connectivity index (χ1n) is 8.62. The van der Waals surface area contributed by atoms with E-state index in [1.165, 1.54) is 19.3 Å². The molecule has 0 aromatic rings. The molecule has 5 nitrogen and oxygen atoms in total. The second kappa shape index (κ2) is 8.11. The molecule has 122 valence electrons. The Labute approximate surface area is 129 Å². The van der Waals surface area contributed by atoms with E-state index < -0.39 is 0 Å². The molecule has 2 aliphatic rings. The minimum absolute atomic E-state index is 0.210. The summed E-state index contributed by atoms with van der Waals surface area (Å²) in [6, 6.07) is 0.398. The number of likely N-dealkylation sites (N-methyl/N-ethyl adjacent to an activating group) is 2. The molecule has 0 radical (unpaired) electrons. The van der Waals surface area contributed by atoms with Crippen LogP contribution in [-0.4, -0.2) is 61.5 Å². The summed E-state index contributed by atoms with van der Waals surface area (Å²) in [7, 11) is 2.19. The third-order valence-electron chi connectivity index (χ3n) is 5.25. The van der Waals surface area contributed by atoms with Crippen LogP contribution < -0.4 is 10.9 Å². The van der Waals surface area contributed by atoms with Gasteiger partial charge in [0, 0.05) is 31.6 Å². The molecule has 3 unspecified atom stereocenters. The summed E-state index contributed by atoms with van der Waals surface area (Å²) < 4.78 is 0. The number of fused-ring (bicyclic) bond motifs is 1. The first kappa shape index (κ1) is 16.7. The molecule has 0 aromatic carbocycles. The molecule has 5 heteroatoms. The molecule has 0 aromatic heterocycles. The molecule has 2 fully saturated rings. The lowest BCUT2D eigenvalue weighted by molar-refractivity contribution is -0.133. The number of amides is 1. The Morgan fingerprint density at radius 2 is 1.86 bits per heavy atom. The zero-order valence-corrected chi connectivity index (χ0v) is 13.9. The number of carbonyl (C=O) groups is 1. The molecular formula is C16H32N4O. The number of hydrogen-bond acceptors (Lipinski definition) is 4. The number of hydrogen-bond donors (Lipinski definition) is 2. The standard InChI is InChI=1S/C16H32N4O/c1-4-20(5-2)11-10-19(3)12-15-13-8-6-7-9-14(13)16(21)18-17-15/h13-15,17H,4-12H2,1-3H3,(H,18,21). The van der Waals surface area contributed by atoms with Gasteiger partial charge in [-0.15, -0.1) is 0 Å². The smallest absolute Gasteiger partial charge is 0.237 e. The highest BCUT2D eigenvalue weighted by molar-refractivity contribution is 5.79. The molecule has 0 spiro atoms. The number of nitrogens with one attached hydrogen (secondary N) is 2. The molecule has 2 N–H and O–H groups in total. The van der Waals surface area contributed by atoms with Crippen LogP contribution in [0.2, 0.25) is 0 Å². The van der Waals surface area contributed by atoms with Gasteiger partial charge in [0.25, 0.3) is 0 Å². The summed E-state index contributed by atoms with van der Waals surface area (Å²) in [6.07, 6.45) is 4.74. The average molecular weight is 296 g/mol. The SMILES string of the molecule is CCN(CC)CCN(C)CC1NNC(=O)C2CCCCC12. The highest BCUT2D eigenvalue weighted by Gasteiger charge is 2.40. The lowest BCUT2D eigenvalue weighted by atomic mass is 9.74. The number of carbonyl (C=O) groups excluding carboxylic acids is 1. The largest absolute Gasteiger partial charge is 0.303 e. The van der Waals surface area contributed by atoms with Crippen LogP contribution >= 0.6 is 0 Å². The minimum Gasteiger partial charge on any atom is -0.303 e. The molecule has 1 aliphatic carbocycles. The Morgan fingerprint density at radius 1 is 1.14 bits per heavy atom. The van der Waals surface area contributed by atoms with Crippen LogP contribution in [-0.2, 0) is 4.79 Å². The van der Waals surface area contributed by atoms with Gasteiger partial charge < -0.3 is 9.80 Å². The highest BCUT2D eigenvalue weighted by atomic mass is 16.2. The van der Waals surface area contributed by atoms with E-state index in [1.807, 2.05) is 0 Å². The predicted molar refractivity (Wildman–Crippen MR) is 85.8 cm³/mol. The van der Waals surface area contributed by atoms with Crippen molar-refractivity contribution in [1.82, 2.24) is 20.7 Å². The van der Waals surface area contributed by atoms with Gasteiger partial charge in [-0.1, -0.05) is 26.7 Å². The zero-order valence-electron chi connectivity index (χ0n) is 13.9. The molecule has 2 rings (SSSR count). The van der Waals surface area contributed by atoms with E-state index in [0.29, 0.717) is 12.0 Å². The van der Waals surface area contributed by atoms with Crippen LogP contribution in [0.25, 0.3) is 0 Å². The van der Waals surface area contributed by atoms with Crippen LogP contribution in [0.3, 0.4) is 0 Å². The van der Waals surface area contributed by atoms with Crippen LogP contribution in [0.4, 0.5) is 0 Å². The minimum atomic E-state index is 0.210. The van der Waals surface area contributed by atoms with Crippen molar-refractivity contribution >= 4 is 5.91 Å². The maximum atomic E-state index is 12.0. The Balaban J connectivity index is 1.82. The maximum Gasteiger partial charge on any atom is 0.237 e. The van der Waals surface area contributed by atoms with Crippen LogP contribution in [0.5, 0.6) is 0 Å². The number of nitrogens with zero attached hydrogens (tertiary/aromatic N) is 2. The van der Waals surface area contributed by atoms with Gasteiger partial charge in [0.15, 0.2) is 0 Å². The van der Waals surface area contributed by atoms with E-state index in [1.54, 1.807) is 0 Å². The van der Waals surface area contributed by atoms with Crippen LogP contribution in [0.1, 0.15) is 39.5 Å². The van der Waals surface area contributed by atoms with Gasteiger partial charge in [-0.05, 0) is 38.9 Å². The van der Waals surface area contributed by atoms with Crippen LogP contribution in [0.15, 0.2) is 0 Å². The van der Waals surface area contributed by atoms with E-state index in [4.69, 9.17) is 0 Å². The topological polar surface area (TPSA) is 47.6 Å². The van der Waals surface area contributed by atoms with Gasteiger partial charge in [-0.3, -0.25) is 10.2 Å². The molecule has 1 saturated carbocycles. The first-order chi connectivity index (χ1) is 10.2. The fourth-order valence-electron chi connectivity index (χ4n) is 3.79. The molecule has 1 aliphatic heterocycles. The average Bonchev–Trinajstić information content (AvgIpc) is 2.51. The Hall–Kier alpha value is -0.650. The molecule has 21 heavy (non-hydrogen) atoms.